The molecule has 0 spiro atoms. The Labute approximate surface area is 129 Å². The Bertz CT molecular complexity index is 487. The Hall–Kier alpha value is -1.18. The van der Waals surface area contributed by atoms with Gasteiger partial charge in [0.25, 0.3) is 0 Å². The Balaban J connectivity index is 1.83. The smallest absolute Gasteiger partial charge is 0.231 e. The summed E-state index contributed by atoms with van der Waals surface area (Å²) in [7, 11) is 0. The quantitative estimate of drug-likeness (QED) is 0.806. The number of halogens is 1. The van der Waals surface area contributed by atoms with E-state index in [1.165, 1.54) is 0 Å². The van der Waals surface area contributed by atoms with Crippen molar-refractivity contribution in [1.29, 1.82) is 0 Å². The van der Waals surface area contributed by atoms with Crippen molar-refractivity contribution in [3.63, 3.8) is 0 Å². The fourth-order valence-electron chi connectivity index (χ4n) is 2.72. The monoisotopic (exact) mass is 313 g/mol. The van der Waals surface area contributed by atoms with Gasteiger partial charge in [0, 0.05) is 26.2 Å². The molecule has 21 heavy (non-hydrogen) atoms. The molecule has 0 unspecified atom stereocenters. The van der Waals surface area contributed by atoms with Gasteiger partial charge in [-0.25, -0.2) is 0 Å². The number of ether oxygens (including phenoxy) is 2. The summed E-state index contributed by atoms with van der Waals surface area (Å²) in [6.07, 6.45) is 0.298. The van der Waals surface area contributed by atoms with E-state index < -0.39 is 0 Å². The molecule has 3 heterocycles. The van der Waals surface area contributed by atoms with E-state index in [1.807, 2.05) is 13.8 Å². The Morgan fingerprint density at radius 1 is 0.952 bits per heavy atom. The van der Waals surface area contributed by atoms with Gasteiger partial charge < -0.3 is 19.3 Å². The van der Waals surface area contributed by atoms with Gasteiger partial charge in [-0.15, -0.1) is 0 Å². The minimum atomic E-state index is 0.149. The van der Waals surface area contributed by atoms with Crippen molar-refractivity contribution in [3.05, 3.63) is 5.28 Å². The fraction of sp³-hybridized carbons (Fsp3) is 0.769. The highest BCUT2D eigenvalue weighted by Gasteiger charge is 2.25. The number of hydrogen-bond donors (Lipinski definition) is 0. The van der Waals surface area contributed by atoms with Crippen LogP contribution in [0.4, 0.5) is 11.9 Å². The first-order valence-electron chi connectivity index (χ1n) is 7.26. The summed E-state index contributed by atoms with van der Waals surface area (Å²) in [6.45, 7) is 8.53. The molecule has 7 nitrogen and oxygen atoms in total. The van der Waals surface area contributed by atoms with E-state index in [-0.39, 0.29) is 17.5 Å². The zero-order chi connectivity index (χ0) is 14.8. The molecule has 0 aliphatic carbocycles. The standard InChI is InChI=1S/C13H20ClN5O2/c1-9-7-19(8-10(2)21-9)13-16-11(14)15-12(17-13)18-3-5-20-6-4-18/h9-10H,3-8H2,1-2H3/t9-,10+. The Morgan fingerprint density at radius 3 is 2.14 bits per heavy atom. The molecule has 0 aromatic carbocycles. The second-order valence-corrected chi connectivity index (χ2v) is 5.80. The lowest BCUT2D eigenvalue weighted by Crippen LogP contribution is -2.46. The van der Waals surface area contributed by atoms with Gasteiger partial charge >= 0.3 is 0 Å². The van der Waals surface area contributed by atoms with Crippen LogP contribution in [0.15, 0.2) is 0 Å². The van der Waals surface area contributed by atoms with Crippen LogP contribution in [-0.4, -0.2) is 66.6 Å². The Kier molecular flexibility index (Phi) is 4.42. The van der Waals surface area contributed by atoms with E-state index in [4.69, 9.17) is 21.1 Å². The van der Waals surface area contributed by atoms with Gasteiger partial charge in [-0.2, -0.15) is 15.0 Å². The van der Waals surface area contributed by atoms with Crippen molar-refractivity contribution in [2.45, 2.75) is 26.1 Å². The van der Waals surface area contributed by atoms with Crippen molar-refractivity contribution in [3.8, 4) is 0 Å². The van der Waals surface area contributed by atoms with Crippen molar-refractivity contribution in [2.75, 3.05) is 49.2 Å². The molecule has 1 aromatic rings. The summed E-state index contributed by atoms with van der Waals surface area (Å²) >= 11 is 6.08. The van der Waals surface area contributed by atoms with Crippen LogP contribution in [0.5, 0.6) is 0 Å². The topological polar surface area (TPSA) is 63.6 Å². The van der Waals surface area contributed by atoms with Crippen LogP contribution in [0.25, 0.3) is 0 Å². The van der Waals surface area contributed by atoms with Crippen LogP contribution in [-0.2, 0) is 9.47 Å². The van der Waals surface area contributed by atoms with Crippen LogP contribution in [0.3, 0.4) is 0 Å². The summed E-state index contributed by atoms with van der Waals surface area (Å²) in [5, 5.41) is 0.230. The largest absolute Gasteiger partial charge is 0.378 e. The van der Waals surface area contributed by atoms with Crippen LogP contribution in [0, 0.1) is 0 Å². The Morgan fingerprint density at radius 2 is 1.52 bits per heavy atom. The number of nitrogens with zero attached hydrogens (tertiary/aromatic N) is 5. The van der Waals surface area contributed by atoms with Gasteiger partial charge in [-0.3, -0.25) is 0 Å². The van der Waals surface area contributed by atoms with Gasteiger partial charge in [0.1, 0.15) is 0 Å². The molecular formula is C13H20ClN5O2. The third-order valence-corrected chi connectivity index (χ3v) is 3.75. The van der Waals surface area contributed by atoms with Crippen molar-refractivity contribution in [1.82, 2.24) is 15.0 Å². The molecule has 2 aliphatic rings. The highest BCUT2D eigenvalue weighted by Crippen LogP contribution is 2.21. The molecule has 3 rings (SSSR count). The fourth-order valence-corrected chi connectivity index (χ4v) is 2.87. The molecule has 1 aromatic heterocycles. The molecule has 0 N–H and O–H groups in total. The zero-order valence-corrected chi connectivity index (χ0v) is 13.1. The molecular weight excluding hydrogens is 294 g/mol. The maximum absolute atomic E-state index is 6.08. The van der Waals surface area contributed by atoms with Gasteiger partial charge in [0.15, 0.2) is 0 Å². The molecule has 8 heteroatoms. The second kappa shape index (κ2) is 6.29. The van der Waals surface area contributed by atoms with E-state index in [0.29, 0.717) is 25.1 Å². The van der Waals surface area contributed by atoms with E-state index >= 15 is 0 Å². The van der Waals surface area contributed by atoms with Crippen LogP contribution in [0.1, 0.15) is 13.8 Å². The number of hydrogen-bond acceptors (Lipinski definition) is 7. The average Bonchev–Trinajstić information content (AvgIpc) is 2.46. The van der Waals surface area contributed by atoms with Crippen LogP contribution in [0.2, 0.25) is 5.28 Å². The van der Waals surface area contributed by atoms with Crippen LogP contribution < -0.4 is 9.80 Å². The summed E-state index contributed by atoms with van der Waals surface area (Å²) in [5.41, 5.74) is 0. The maximum atomic E-state index is 6.08. The molecule has 2 fully saturated rings. The molecule has 2 atom stereocenters. The third-order valence-electron chi connectivity index (χ3n) is 3.58. The second-order valence-electron chi connectivity index (χ2n) is 5.47. The van der Waals surface area contributed by atoms with Gasteiger partial charge in [-0.1, -0.05) is 0 Å². The SMILES string of the molecule is C[C@@H]1CN(c2nc(Cl)nc(N3CCOCC3)n2)C[C@H](C)O1. The number of aromatic nitrogens is 3. The van der Waals surface area contributed by atoms with E-state index in [0.717, 1.165) is 26.2 Å². The maximum Gasteiger partial charge on any atom is 0.231 e. The lowest BCUT2D eigenvalue weighted by atomic mass is 10.2. The first-order valence-corrected chi connectivity index (χ1v) is 7.64. The third kappa shape index (κ3) is 3.53. The first-order chi connectivity index (χ1) is 10.1. The van der Waals surface area contributed by atoms with E-state index in [9.17, 15) is 0 Å². The van der Waals surface area contributed by atoms with Crippen molar-refractivity contribution < 1.29 is 9.47 Å². The molecule has 0 amide bonds. The minimum Gasteiger partial charge on any atom is -0.378 e. The number of anilines is 2. The minimum absolute atomic E-state index is 0.149. The molecule has 2 aliphatic heterocycles. The first kappa shape index (κ1) is 14.7. The summed E-state index contributed by atoms with van der Waals surface area (Å²) in [5.74, 6) is 1.25. The molecule has 0 saturated carbocycles. The van der Waals surface area contributed by atoms with Gasteiger partial charge in [0.2, 0.25) is 17.2 Å². The molecule has 0 bridgehead atoms. The van der Waals surface area contributed by atoms with E-state index in [1.54, 1.807) is 0 Å². The lowest BCUT2D eigenvalue weighted by molar-refractivity contribution is -0.00573. The van der Waals surface area contributed by atoms with Gasteiger partial charge in [0.05, 0.1) is 25.4 Å². The number of morpholine rings is 2. The van der Waals surface area contributed by atoms with Crippen molar-refractivity contribution >= 4 is 23.5 Å². The predicted octanol–water partition coefficient (Wildman–Crippen LogP) is 0.975. The molecule has 116 valence electrons. The summed E-state index contributed by atoms with van der Waals surface area (Å²) in [6, 6.07) is 0. The van der Waals surface area contributed by atoms with Gasteiger partial charge in [-0.05, 0) is 25.4 Å². The predicted molar refractivity (Wildman–Crippen MR) is 80.1 cm³/mol. The van der Waals surface area contributed by atoms with Crippen LogP contribution >= 0.6 is 11.6 Å². The van der Waals surface area contributed by atoms with Crippen molar-refractivity contribution in [2.24, 2.45) is 0 Å². The van der Waals surface area contributed by atoms with E-state index in [2.05, 4.69) is 24.8 Å². The highest BCUT2D eigenvalue weighted by atomic mass is 35.5. The zero-order valence-electron chi connectivity index (χ0n) is 12.3. The lowest BCUT2D eigenvalue weighted by Gasteiger charge is -2.35. The summed E-state index contributed by atoms with van der Waals surface area (Å²) in [4.78, 5) is 17.3. The normalized spacial score (nSPS) is 27.0. The summed E-state index contributed by atoms with van der Waals surface area (Å²) < 4.78 is 11.1. The highest BCUT2D eigenvalue weighted by molar-refractivity contribution is 6.28. The number of rotatable bonds is 2. The average molecular weight is 314 g/mol. The molecule has 0 radical (unpaired) electrons. The molecule has 2 saturated heterocycles.